The Hall–Kier alpha value is -0.720. The quantitative estimate of drug-likeness (QED) is 0.499. The van der Waals surface area contributed by atoms with E-state index in [1.165, 1.54) is 7.11 Å². The molecule has 0 aliphatic rings. The zero-order chi connectivity index (χ0) is 7.98. The van der Waals surface area contributed by atoms with Gasteiger partial charge in [-0.05, 0) is 6.42 Å². The third-order valence-corrected chi connectivity index (χ3v) is 1.10. The van der Waals surface area contributed by atoms with Gasteiger partial charge in [0.05, 0.1) is 7.11 Å². The van der Waals surface area contributed by atoms with E-state index in [0.29, 0.717) is 12.8 Å². The summed E-state index contributed by atoms with van der Waals surface area (Å²) in [6, 6.07) is -0.568. The minimum absolute atomic E-state index is 0. The summed E-state index contributed by atoms with van der Waals surface area (Å²) in [4.78, 5) is 10.6. The second kappa shape index (κ2) is 7.39. The highest BCUT2D eigenvalue weighted by atomic mass is 35.5. The molecule has 0 aromatic heterocycles. The van der Waals surface area contributed by atoms with E-state index in [1.807, 2.05) is 0 Å². The summed E-state index contributed by atoms with van der Waals surface area (Å²) in [6.45, 7) is 0. The molecule has 0 spiro atoms. The summed E-state index contributed by atoms with van der Waals surface area (Å²) in [5.74, 6) is 1.98. The summed E-state index contributed by atoms with van der Waals surface area (Å²) in [5.41, 5.74) is 5.34. The molecule has 0 bridgehead atoms. The molecule has 0 saturated carbocycles. The minimum Gasteiger partial charge on any atom is -0.468 e. The van der Waals surface area contributed by atoms with E-state index in [9.17, 15) is 4.79 Å². The van der Waals surface area contributed by atoms with E-state index < -0.39 is 12.0 Å². The van der Waals surface area contributed by atoms with Crippen LogP contribution in [-0.4, -0.2) is 19.1 Å². The second-order valence-electron chi connectivity index (χ2n) is 1.87. The minimum atomic E-state index is -0.568. The van der Waals surface area contributed by atoms with Crippen LogP contribution in [0.2, 0.25) is 0 Å². The fourth-order valence-corrected chi connectivity index (χ4v) is 0.508. The molecule has 1 atom stereocenters. The molecule has 0 heterocycles. The van der Waals surface area contributed by atoms with Crippen LogP contribution in [0.4, 0.5) is 0 Å². The highest BCUT2D eigenvalue weighted by molar-refractivity contribution is 5.85. The molecular weight excluding hydrogens is 166 g/mol. The average Bonchev–Trinajstić information content (AvgIpc) is 1.98. The number of terminal acetylenes is 1. The molecule has 0 saturated heterocycles. The fourth-order valence-electron chi connectivity index (χ4n) is 0.508. The maximum Gasteiger partial charge on any atom is 0.322 e. The predicted molar refractivity (Wildman–Crippen MR) is 45.3 cm³/mol. The second-order valence-corrected chi connectivity index (χ2v) is 1.87. The van der Waals surface area contributed by atoms with Crippen LogP contribution in [0.1, 0.15) is 12.8 Å². The van der Waals surface area contributed by atoms with E-state index >= 15 is 0 Å². The molecule has 11 heavy (non-hydrogen) atoms. The van der Waals surface area contributed by atoms with Crippen molar-refractivity contribution in [1.82, 2.24) is 0 Å². The lowest BCUT2D eigenvalue weighted by atomic mass is 10.2. The largest absolute Gasteiger partial charge is 0.468 e. The van der Waals surface area contributed by atoms with Crippen LogP contribution in [0.15, 0.2) is 0 Å². The standard InChI is InChI=1S/C7H11NO2.ClH/c1-3-4-5-6(8)7(9)10-2;/h1,6H,4-5,8H2,2H3;1H/t6-;/m1./s1. The van der Waals surface area contributed by atoms with Crippen LogP contribution < -0.4 is 5.73 Å². The van der Waals surface area contributed by atoms with E-state index in [1.54, 1.807) is 0 Å². The molecule has 0 aromatic rings. The van der Waals surface area contributed by atoms with E-state index in [-0.39, 0.29) is 12.4 Å². The Morgan fingerprint density at radius 1 is 1.82 bits per heavy atom. The first-order chi connectivity index (χ1) is 4.72. The first-order valence-electron chi connectivity index (χ1n) is 2.99. The van der Waals surface area contributed by atoms with Gasteiger partial charge in [-0.3, -0.25) is 4.79 Å². The number of ether oxygens (including phenoxy) is 1. The van der Waals surface area contributed by atoms with Crippen molar-refractivity contribution in [2.24, 2.45) is 5.73 Å². The SMILES string of the molecule is C#CCC[C@@H](N)C(=O)OC.Cl. The molecule has 0 fully saturated rings. The van der Waals surface area contributed by atoms with Crippen LogP contribution in [0.5, 0.6) is 0 Å². The monoisotopic (exact) mass is 177 g/mol. The number of halogens is 1. The van der Waals surface area contributed by atoms with Crippen LogP contribution in [-0.2, 0) is 9.53 Å². The first-order valence-corrected chi connectivity index (χ1v) is 2.99. The molecule has 0 radical (unpaired) electrons. The van der Waals surface area contributed by atoms with Gasteiger partial charge in [0.25, 0.3) is 0 Å². The van der Waals surface area contributed by atoms with Gasteiger partial charge in [0.1, 0.15) is 6.04 Å². The van der Waals surface area contributed by atoms with Gasteiger partial charge in [0.2, 0.25) is 0 Å². The third-order valence-electron chi connectivity index (χ3n) is 1.10. The Balaban J connectivity index is 0. The molecule has 0 rings (SSSR count). The number of carbonyl (C=O) groups is 1. The normalized spacial score (nSPS) is 10.6. The number of esters is 1. The van der Waals surface area contributed by atoms with Crippen molar-refractivity contribution in [3.05, 3.63) is 0 Å². The fraction of sp³-hybridized carbons (Fsp3) is 0.571. The zero-order valence-corrected chi connectivity index (χ0v) is 7.19. The van der Waals surface area contributed by atoms with Crippen LogP contribution in [0.25, 0.3) is 0 Å². The Morgan fingerprint density at radius 2 is 2.36 bits per heavy atom. The van der Waals surface area contributed by atoms with E-state index in [4.69, 9.17) is 12.2 Å². The van der Waals surface area contributed by atoms with Crippen molar-refractivity contribution in [3.63, 3.8) is 0 Å². The molecule has 0 aromatic carbocycles. The molecule has 0 amide bonds. The third kappa shape index (κ3) is 5.71. The summed E-state index contributed by atoms with van der Waals surface area (Å²) < 4.78 is 4.38. The molecule has 0 aliphatic heterocycles. The average molecular weight is 178 g/mol. The summed E-state index contributed by atoms with van der Waals surface area (Å²) in [5, 5.41) is 0. The highest BCUT2D eigenvalue weighted by Crippen LogP contribution is 1.94. The molecule has 2 N–H and O–H groups in total. The number of hydrogen-bond acceptors (Lipinski definition) is 3. The lowest BCUT2D eigenvalue weighted by Gasteiger charge is -2.05. The summed E-state index contributed by atoms with van der Waals surface area (Å²) in [7, 11) is 1.30. The Bertz CT molecular complexity index is 153. The topological polar surface area (TPSA) is 52.3 Å². The van der Waals surface area contributed by atoms with Gasteiger partial charge in [-0.1, -0.05) is 0 Å². The van der Waals surface area contributed by atoms with Crippen LogP contribution in [0, 0.1) is 12.3 Å². The smallest absolute Gasteiger partial charge is 0.322 e. The van der Waals surface area contributed by atoms with Crippen molar-refractivity contribution in [2.75, 3.05) is 7.11 Å². The molecular formula is C7H12ClNO2. The zero-order valence-electron chi connectivity index (χ0n) is 6.37. The van der Waals surface area contributed by atoms with Crippen molar-refractivity contribution in [1.29, 1.82) is 0 Å². The van der Waals surface area contributed by atoms with Gasteiger partial charge in [0, 0.05) is 6.42 Å². The molecule has 64 valence electrons. The van der Waals surface area contributed by atoms with Gasteiger partial charge in [-0.2, -0.15) is 0 Å². The van der Waals surface area contributed by atoms with Gasteiger partial charge in [-0.15, -0.1) is 24.8 Å². The lowest BCUT2D eigenvalue weighted by molar-refractivity contribution is -0.142. The van der Waals surface area contributed by atoms with Gasteiger partial charge < -0.3 is 10.5 Å². The molecule has 3 nitrogen and oxygen atoms in total. The van der Waals surface area contributed by atoms with Crippen molar-refractivity contribution in [3.8, 4) is 12.3 Å². The van der Waals surface area contributed by atoms with Crippen molar-refractivity contribution >= 4 is 18.4 Å². The maximum atomic E-state index is 10.6. The summed E-state index contributed by atoms with van der Waals surface area (Å²) in [6.07, 6.45) is 5.96. The molecule has 0 unspecified atom stereocenters. The maximum absolute atomic E-state index is 10.6. The van der Waals surface area contributed by atoms with Crippen LogP contribution in [0.3, 0.4) is 0 Å². The lowest BCUT2D eigenvalue weighted by Crippen LogP contribution is -2.31. The van der Waals surface area contributed by atoms with Crippen molar-refractivity contribution in [2.45, 2.75) is 18.9 Å². The number of rotatable bonds is 3. The number of nitrogens with two attached hydrogens (primary N) is 1. The predicted octanol–water partition coefficient (Wildman–Crippen LogP) is 0.322. The summed E-state index contributed by atoms with van der Waals surface area (Å²) >= 11 is 0. The number of hydrogen-bond donors (Lipinski definition) is 1. The highest BCUT2D eigenvalue weighted by Gasteiger charge is 2.11. The Kier molecular flexibility index (Phi) is 8.67. The van der Waals surface area contributed by atoms with E-state index in [0.717, 1.165) is 0 Å². The van der Waals surface area contributed by atoms with Crippen molar-refractivity contribution < 1.29 is 9.53 Å². The van der Waals surface area contributed by atoms with Crippen LogP contribution >= 0.6 is 12.4 Å². The number of carbonyl (C=O) groups excluding carboxylic acids is 1. The first kappa shape index (κ1) is 12.9. The van der Waals surface area contributed by atoms with Gasteiger partial charge in [0.15, 0.2) is 0 Å². The number of methoxy groups -OCH3 is 1. The Labute approximate surface area is 72.7 Å². The molecule has 0 aliphatic carbocycles. The Morgan fingerprint density at radius 3 is 2.73 bits per heavy atom. The van der Waals surface area contributed by atoms with Gasteiger partial charge >= 0.3 is 5.97 Å². The van der Waals surface area contributed by atoms with E-state index in [2.05, 4.69) is 10.7 Å². The molecule has 4 heteroatoms. The van der Waals surface area contributed by atoms with Gasteiger partial charge in [-0.25, -0.2) is 0 Å².